The summed E-state index contributed by atoms with van der Waals surface area (Å²) in [5, 5.41) is 2.42. The van der Waals surface area contributed by atoms with Crippen LogP contribution >= 0.6 is 11.8 Å². The van der Waals surface area contributed by atoms with Crippen LogP contribution in [0.5, 0.6) is 0 Å². The normalized spacial score (nSPS) is 15.0. The Labute approximate surface area is 139 Å². The lowest BCUT2D eigenvalue weighted by atomic mass is 9.89. The summed E-state index contributed by atoms with van der Waals surface area (Å²) in [5.74, 6) is 0.160. The summed E-state index contributed by atoms with van der Waals surface area (Å²) >= 11 is 1.81. The fraction of sp³-hybridized carbons (Fsp3) is 0.150. The van der Waals surface area contributed by atoms with E-state index in [4.69, 9.17) is 0 Å². The standard InChI is InChI=1S/C20H15NOS/c1-2-21-11-12-7-8-14-13-5-3-4-6-16(13)23-17-10-9-15(20(21)22)18(12)19(14)17/h3-10H,2,11H2,1H3. The fourth-order valence-electron chi connectivity index (χ4n) is 3.75. The molecule has 0 aromatic heterocycles. The van der Waals surface area contributed by atoms with Crippen LogP contribution in [0.15, 0.2) is 58.3 Å². The molecular formula is C20H15NOS. The Hall–Kier alpha value is -2.26. The molecule has 1 amide bonds. The molecule has 2 aliphatic heterocycles. The van der Waals surface area contributed by atoms with E-state index in [1.807, 2.05) is 29.7 Å². The molecule has 2 nitrogen and oxygen atoms in total. The van der Waals surface area contributed by atoms with E-state index in [-0.39, 0.29) is 5.91 Å². The molecule has 0 aliphatic carbocycles. The van der Waals surface area contributed by atoms with Gasteiger partial charge in [-0.1, -0.05) is 42.1 Å². The molecule has 0 fully saturated rings. The summed E-state index contributed by atoms with van der Waals surface area (Å²) < 4.78 is 0. The van der Waals surface area contributed by atoms with Gasteiger partial charge in [0.1, 0.15) is 0 Å². The van der Waals surface area contributed by atoms with E-state index in [1.165, 1.54) is 31.9 Å². The molecular weight excluding hydrogens is 302 g/mol. The Kier molecular flexibility index (Phi) is 2.65. The van der Waals surface area contributed by atoms with Crippen LogP contribution in [0.3, 0.4) is 0 Å². The van der Waals surface area contributed by atoms with Gasteiger partial charge in [-0.05, 0) is 41.8 Å². The second-order valence-electron chi connectivity index (χ2n) is 6.05. The Morgan fingerprint density at radius 1 is 0.913 bits per heavy atom. The quantitative estimate of drug-likeness (QED) is 0.495. The zero-order valence-corrected chi connectivity index (χ0v) is 13.6. The van der Waals surface area contributed by atoms with Gasteiger partial charge in [0.05, 0.1) is 0 Å². The molecule has 0 atom stereocenters. The maximum atomic E-state index is 12.7. The molecule has 2 aliphatic rings. The largest absolute Gasteiger partial charge is 0.335 e. The smallest absolute Gasteiger partial charge is 0.254 e. The Bertz CT molecular complexity index is 992. The number of rotatable bonds is 1. The van der Waals surface area contributed by atoms with Crippen LogP contribution in [0.1, 0.15) is 22.8 Å². The molecule has 2 heterocycles. The van der Waals surface area contributed by atoms with Crippen LogP contribution in [0.2, 0.25) is 0 Å². The van der Waals surface area contributed by atoms with Crippen molar-refractivity contribution in [2.75, 3.05) is 6.54 Å². The molecule has 3 aromatic carbocycles. The van der Waals surface area contributed by atoms with E-state index < -0.39 is 0 Å². The Morgan fingerprint density at radius 2 is 1.74 bits per heavy atom. The average molecular weight is 317 g/mol. The van der Waals surface area contributed by atoms with Crippen molar-refractivity contribution in [3.63, 3.8) is 0 Å². The summed E-state index contributed by atoms with van der Waals surface area (Å²) in [6, 6.07) is 17.1. The van der Waals surface area contributed by atoms with Gasteiger partial charge in [-0.3, -0.25) is 4.79 Å². The minimum absolute atomic E-state index is 0.160. The van der Waals surface area contributed by atoms with E-state index in [0.29, 0.717) is 0 Å². The van der Waals surface area contributed by atoms with E-state index in [9.17, 15) is 4.79 Å². The molecule has 0 saturated heterocycles. The lowest BCUT2D eigenvalue weighted by Crippen LogP contribution is -2.33. The highest BCUT2D eigenvalue weighted by molar-refractivity contribution is 7.99. The number of hydrogen-bond acceptors (Lipinski definition) is 2. The van der Waals surface area contributed by atoms with Gasteiger partial charge in [0.2, 0.25) is 0 Å². The van der Waals surface area contributed by atoms with Crippen LogP contribution < -0.4 is 0 Å². The van der Waals surface area contributed by atoms with Gasteiger partial charge in [0.25, 0.3) is 5.91 Å². The second-order valence-corrected chi connectivity index (χ2v) is 7.13. The molecule has 0 spiro atoms. The molecule has 0 radical (unpaired) electrons. The first kappa shape index (κ1) is 13.2. The summed E-state index contributed by atoms with van der Waals surface area (Å²) in [4.78, 5) is 17.2. The van der Waals surface area contributed by atoms with Crippen molar-refractivity contribution >= 4 is 28.4 Å². The van der Waals surface area contributed by atoms with Gasteiger partial charge in [-0.25, -0.2) is 0 Å². The number of amides is 1. The molecule has 3 aromatic rings. The van der Waals surface area contributed by atoms with Crippen molar-refractivity contribution in [1.29, 1.82) is 0 Å². The third-order valence-electron chi connectivity index (χ3n) is 4.87. The molecule has 3 heteroatoms. The first-order chi connectivity index (χ1) is 11.3. The number of hydrogen-bond donors (Lipinski definition) is 0. The first-order valence-electron chi connectivity index (χ1n) is 7.93. The number of carbonyl (C=O) groups is 1. The highest BCUT2D eigenvalue weighted by atomic mass is 32.2. The van der Waals surface area contributed by atoms with Crippen molar-refractivity contribution in [1.82, 2.24) is 4.90 Å². The minimum Gasteiger partial charge on any atom is -0.335 e. The molecule has 112 valence electrons. The molecule has 0 bridgehead atoms. The van der Waals surface area contributed by atoms with Crippen molar-refractivity contribution in [2.24, 2.45) is 0 Å². The second kappa shape index (κ2) is 4.62. The lowest BCUT2D eigenvalue weighted by molar-refractivity contribution is 0.0747. The molecule has 23 heavy (non-hydrogen) atoms. The first-order valence-corrected chi connectivity index (χ1v) is 8.74. The van der Waals surface area contributed by atoms with Crippen molar-refractivity contribution in [2.45, 2.75) is 23.3 Å². The van der Waals surface area contributed by atoms with Gasteiger partial charge in [-0.2, -0.15) is 0 Å². The third kappa shape index (κ3) is 1.68. The zero-order chi connectivity index (χ0) is 15.6. The summed E-state index contributed by atoms with van der Waals surface area (Å²) in [6.07, 6.45) is 0. The number of benzene rings is 3. The predicted octanol–water partition coefficient (Wildman–Crippen LogP) is 4.95. The SMILES string of the molecule is CCN1Cc2ccc3c4c(ccc(c24)C1=O)Sc1ccccc1-3. The summed E-state index contributed by atoms with van der Waals surface area (Å²) in [7, 11) is 0. The van der Waals surface area contributed by atoms with Crippen LogP contribution in [-0.4, -0.2) is 17.4 Å². The van der Waals surface area contributed by atoms with Crippen LogP contribution in [0.4, 0.5) is 0 Å². The Morgan fingerprint density at radius 3 is 2.61 bits per heavy atom. The molecule has 5 rings (SSSR count). The van der Waals surface area contributed by atoms with Crippen molar-refractivity contribution in [3.8, 4) is 11.1 Å². The minimum atomic E-state index is 0.160. The fourth-order valence-corrected chi connectivity index (χ4v) is 4.88. The van der Waals surface area contributed by atoms with Crippen molar-refractivity contribution < 1.29 is 4.79 Å². The molecule has 0 unspecified atom stereocenters. The topological polar surface area (TPSA) is 20.3 Å². The number of nitrogens with zero attached hydrogens (tertiary/aromatic N) is 1. The van der Waals surface area contributed by atoms with Gasteiger partial charge in [0, 0.05) is 39.2 Å². The summed E-state index contributed by atoms with van der Waals surface area (Å²) in [5.41, 5.74) is 4.66. The number of fused-ring (bicyclic) bond motifs is 2. The lowest BCUT2D eigenvalue weighted by Gasteiger charge is -2.30. The van der Waals surface area contributed by atoms with Crippen LogP contribution in [0, 0.1) is 0 Å². The maximum Gasteiger partial charge on any atom is 0.254 e. The highest BCUT2D eigenvalue weighted by Gasteiger charge is 2.29. The van der Waals surface area contributed by atoms with Gasteiger partial charge < -0.3 is 4.90 Å². The zero-order valence-electron chi connectivity index (χ0n) is 12.8. The van der Waals surface area contributed by atoms with E-state index in [0.717, 1.165) is 24.0 Å². The number of carbonyl (C=O) groups excluding carboxylic acids is 1. The average Bonchev–Trinajstić information content (AvgIpc) is 2.60. The predicted molar refractivity (Wildman–Crippen MR) is 93.9 cm³/mol. The van der Waals surface area contributed by atoms with Gasteiger partial charge in [-0.15, -0.1) is 0 Å². The van der Waals surface area contributed by atoms with Crippen LogP contribution in [-0.2, 0) is 6.54 Å². The van der Waals surface area contributed by atoms with E-state index >= 15 is 0 Å². The van der Waals surface area contributed by atoms with Crippen molar-refractivity contribution in [3.05, 3.63) is 59.7 Å². The Balaban J connectivity index is 1.90. The summed E-state index contributed by atoms with van der Waals surface area (Å²) in [6.45, 7) is 3.51. The van der Waals surface area contributed by atoms with Crippen LogP contribution in [0.25, 0.3) is 21.9 Å². The molecule has 0 saturated carbocycles. The maximum absolute atomic E-state index is 12.7. The monoisotopic (exact) mass is 317 g/mol. The third-order valence-corrected chi connectivity index (χ3v) is 6.00. The van der Waals surface area contributed by atoms with Gasteiger partial charge >= 0.3 is 0 Å². The van der Waals surface area contributed by atoms with E-state index in [1.54, 1.807) is 0 Å². The molecule has 0 N–H and O–H groups in total. The highest BCUT2D eigenvalue weighted by Crippen LogP contribution is 2.49. The van der Waals surface area contributed by atoms with E-state index in [2.05, 4.69) is 42.5 Å². The van der Waals surface area contributed by atoms with Gasteiger partial charge in [0.15, 0.2) is 0 Å².